The van der Waals surface area contributed by atoms with E-state index in [0.29, 0.717) is 6.61 Å². The summed E-state index contributed by atoms with van der Waals surface area (Å²) in [7, 11) is 0. The lowest BCUT2D eigenvalue weighted by molar-refractivity contribution is -0.330. The Bertz CT molecular complexity index is 447. The number of esters is 1. The van der Waals surface area contributed by atoms with E-state index in [-0.39, 0.29) is 18.8 Å². The third-order valence-corrected chi connectivity index (χ3v) is 3.77. The lowest BCUT2D eigenvalue weighted by atomic mass is 10.0. The smallest absolute Gasteiger partial charge is 0.302 e. The molecule has 0 saturated carbocycles. The van der Waals surface area contributed by atoms with E-state index in [1.165, 1.54) is 6.92 Å². The highest BCUT2D eigenvalue weighted by Gasteiger charge is 2.67. The number of fused-ring (bicyclic) bond motifs is 3. The van der Waals surface area contributed by atoms with E-state index in [9.17, 15) is 4.79 Å². The van der Waals surface area contributed by atoms with Crippen molar-refractivity contribution in [2.75, 3.05) is 13.2 Å². The molecule has 0 bridgehead atoms. The fraction of sp³-hybridized carbons (Fsp3) is 0.929. The molecule has 0 spiro atoms. The Labute approximate surface area is 123 Å². The van der Waals surface area contributed by atoms with Gasteiger partial charge >= 0.3 is 5.97 Å². The van der Waals surface area contributed by atoms with Crippen molar-refractivity contribution < 1.29 is 33.2 Å². The largest absolute Gasteiger partial charge is 0.460 e. The number of hydrogen-bond acceptors (Lipinski definition) is 7. The molecule has 0 aliphatic carbocycles. The van der Waals surface area contributed by atoms with Crippen LogP contribution in [0, 0.1) is 0 Å². The van der Waals surface area contributed by atoms with E-state index >= 15 is 0 Å². The van der Waals surface area contributed by atoms with Crippen LogP contribution in [0.4, 0.5) is 0 Å². The number of carbonyl (C=O) groups excluding carboxylic acids is 1. The van der Waals surface area contributed by atoms with Gasteiger partial charge in [0, 0.05) is 6.92 Å². The quantitative estimate of drug-likeness (QED) is 0.703. The van der Waals surface area contributed by atoms with Crippen LogP contribution in [0.2, 0.25) is 0 Å². The number of rotatable bonds is 2. The van der Waals surface area contributed by atoms with Gasteiger partial charge in [-0.2, -0.15) is 0 Å². The Hall–Kier alpha value is -0.730. The molecular weight excluding hydrogens is 280 g/mol. The second kappa shape index (κ2) is 4.63. The molecular formula is C14H22O7. The molecule has 3 fully saturated rings. The van der Waals surface area contributed by atoms with Crippen molar-refractivity contribution in [1.82, 2.24) is 0 Å². The van der Waals surface area contributed by atoms with Gasteiger partial charge in [0.15, 0.2) is 11.6 Å². The summed E-state index contributed by atoms with van der Waals surface area (Å²) in [5.41, 5.74) is 0. The van der Waals surface area contributed by atoms with E-state index in [1.807, 2.05) is 13.8 Å². The summed E-state index contributed by atoms with van der Waals surface area (Å²) >= 11 is 0. The van der Waals surface area contributed by atoms with E-state index in [2.05, 4.69) is 0 Å². The molecule has 120 valence electrons. The minimum atomic E-state index is -1.14. The molecule has 3 saturated heterocycles. The lowest BCUT2D eigenvalue weighted by Crippen LogP contribution is -2.51. The summed E-state index contributed by atoms with van der Waals surface area (Å²) in [6.45, 7) is 8.97. The molecule has 3 unspecified atom stereocenters. The fourth-order valence-corrected chi connectivity index (χ4v) is 3.08. The zero-order chi connectivity index (χ0) is 15.5. The fourth-order valence-electron chi connectivity index (χ4n) is 3.08. The van der Waals surface area contributed by atoms with Crippen LogP contribution >= 0.6 is 0 Å². The standard InChI is InChI=1S/C14H22O7/c1-8(15)16-7-14-11(20-13(4,5)21-14)10-9(18-14)6-17-12(2,3)19-10/h9-11H,6-7H2,1-5H3/t9?,10?,11?,14-/m0/s1. The summed E-state index contributed by atoms with van der Waals surface area (Å²) in [4.78, 5) is 11.1. The summed E-state index contributed by atoms with van der Waals surface area (Å²) in [5.74, 6) is -3.08. The van der Waals surface area contributed by atoms with E-state index in [1.54, 1.807) is 13.8 Å². The highest BCUT2D eigenvalue weighted by molar-refractivity contribution is 5.65. The molecule has 7 heteroatoms. The highest BCUT2D eigenvalue weighted by atomic mass is 16.9. The molecule has 0 aromatic heterocycles. The Morgan fingerprint density at radius 2 is 1.86 bits per heavy atom. The minimum Gasteiger partial charge on any atom is -0.460 e. The maximum atomic E-state index is 11.1. The van der Waals surface area contributed by atoms with Crippen LogP contribution in [0.1, 0.15) is 34.6 Å². The number of hydrogen-bond donors (Lipinski definition) is 0. The van der Waals surface area contributed by atoms with Crippen molar-refractivity contribution in [2.24, 2.45) is 0 Å². The molecule has 0 amide bonds. The van der Waals surface area contributed by atoms with Crippen LogP contribution in [0.25, 0.3) is 0 Å². The van der Waals surface area contributed by atoms with E-state index in [4.69, 9.17) is 28.4 Å². The molecule has 3 aliphatic rings. The molecule has 3 aliphatic heterocycles. The third-order valence-electron chi connectivity index (χ3n) is 3.77. The SMILES string of the molecule is CC(=O)OC[C@@]12OC3COC(C)(C)OC3C1OC(C)(C)O2. The molecule has 7 nitrogen and oxygen atoms in total. The molecule has 0 aromatic rings. The van der Waals surface area contributed by atoms with Crippen LogP contribution in [-0.4, -0.2) is 54.9 Å². The third kappa shape index (κ3) is 2.68. The average Bonchev–Trinajstić information content (AvgIpc) is 2.74. The first kappa shape index (κ1) is 15.2. The molecule has 0 radical (unpaired) electrons. The Balaban J connectivity index is 1.85. The first-order valence-electron chi connectivity index (χ1n) is 7.13. The zero-order valence-electron chi connectivity index (χ0n) is 13.0. The minimum absolute atomic E-state index is 0.0345. The number of ether oxygens (including phenoxy) is 6. The van der Waals surface area contributed by atoms with Crippen molar-refractivity contribution in [3.63, 3.8) is 0 Å². The van der Waals surface area contributed by atoms with Crippen molar-refractivity contribution >= 4 is 5.97 Å². The summed E-state index contributed by atoms with van der Waals surface area (Å²) in [6.07, 6.45) is -1.11. The van der Waals surface area contributed by atoms with Gasteiger partial charge in [0.2, 0.25) is 5.79 Å². The van der Waals surface area contributed by atoms with Crippen molar-refractivity contribution in [2.45, 2.75) is 70.3 Å². The monoisotopic (exact) mass is 302 g/mol. The average molecular weight is 302 g/mol. The van der Waals surface area contributed by atoms with Gasteiger partial charge in [-0.05, 0) is 27.7 Å². The molecule has 4 atom stereocenters. The van der Waals surface area contributed by atoms with E-state index in [0.717, 1.165) is 0 Å². The second-order valence-electron chi connectivity index (χ2n) is 6.58. The number of carbonyl (C=O) groups is 1. The lowest BCUT2D eigenvalue weighted by Gasteiger charge is -2.38. The summed E-state index contributed by atoms with van der Waals surface area (Å²) in [6, 6.07) is 0. The van der Waals surface area contributed by atoms with Gasteiger partial charge in [0.1, 0.15) is 24.9 Å². The van der Waals surface area contributed by atoms with Gasteiger partial charge in [0.25, 0.3) is 0 Å². The molecule has 3 heterocycles. The van der Waals surface area contributed by atoms with E-state index < -0.39 is 29.4 Å². The Morgan fingerprint density at radius 1 is 1.14 bits per heavy atom. The Kier molecular flexibility index (Phi) is 3.35. The van der Waals surface area contributed by atoms with Gasteiger partial charge in [-0.1, -0.05) is 0 Å². The van der Waals surface area contributed by atoms with Gasteiger partial charge < -0.3 is 28.4 Å². The summed E-state index contributed by atoms with van der Waals surface area (Å²) in [5, 5.41) is 0. The van der Waals surface area contributed by atoms with Crippen molar-refractivity contribution in [3.8, 4) is 0 Å². The van der Waals surface area contributed by atoms with Gasteiger partial charge in [-0.15, -0.1) is 0 Å². The van der Waals surface area contributed by atoms with Gasteiger partial charge in [-0.3, -0.25) is 4.79 Å². The second-order valence-corrected chi connectivity index (χ2v) is 6.58. The maximum absolute atomic E-state index is 11.1. The molecule has 0 N–H and O–H groups in total. The summed E-state index contributed by atoms with van der Waals surface area (Å²) < 4.78 is 34.5. The predicted molar refractivity (Wildman–Crippen MR) is 69.2 cm³/mol. The zero-order valence-corrected chi connectivity index (χ0v) is 13.0. The van der Waals surface area contributed by atoms with Gasteiger partial charge in [-0.25, -0.2) is 0 Å². The van der Waals surface area contributed by atoms with Crippen LogP contribution in [0.5, 0.6) is 0 Å². The maximum Gasteiger partial charge on any atom is 0.302 e. The normalized spacial score (nSPS) is 43.2. The molecule has 0 aromatic carbocycles. The van der Waals surface area contributed by atoms with Gasteiger partial charge in [0.05, 0.1) is 6.61 Å². The van der Waals surface area contributed by atoms with Crippen molar-refractivity contribution in [3.05, 3.63) is 0 Å². The van der Waals surface area contributed by atoms with Crippen LogP contribution in [0.15, 0.2) is 0 Å². The highest BCUT2D eigenvalue weighted by Crippen LogP contribution is 2.48. The molecule has 21 heavy (non-hydrogen) atoms. The predicted octanol–water partition coefficient (Wildman–Crippen LogP) is 0.948. The topological polar surface area (TPSA) is 72.5 Å². The first-order valence-corrected chi connectivity index (χ1v) is 7.13. The first-order chi connectivity index (χ1) is 9.63. The van der Waals surface area contributed by atoms with Crippen LogP contribution in [0.3, 0.4) is 0 Å². The Morgan fingerprint density at radius 3 is 2.52 bits per heavy atom. The van der Waals surface area contributed by atoms with Crippen LogP contribution < -0.4 is 0 Å². The van der Waals surface area contributed by atoms with Crippen molar-refractivity contribution in [1.29, 1.82) is 0 Å². The molecule has 3 rings (SSSR count). The van der Waals surface area contributed by atoms with Crippen LogP contribution in [-0.2, 0) is 33.2 Å².